The van der Waals surface area contributed by atoms with Crippen LogP contribution in [0.5, 0.6) is 0 Å². The average molecular weight is 406 g/mol. The van der Waals surface area contributed by atoms with E-state index in [0.29, 0.717) is 0 Å². The van der Waals surface area contributed by atoms with E-state index in [1.807, 2.05) is 6.07 Å². The predicted molar refractivity (Wildman–Crippen MR) is 116 cm³/mol. The van der Waals surface area contributed by atoms with E-state index in [2.05, 4.69) is 71.3 Å². The quantitative estimate of drug-likeness (QED) is 0.640. The molecule has 0 radical (unpaired) electrons. The van der Waals surface area contributed by atoms with Gasteiger partial charge in [0.25, 0.3) is 0 Å². The number of nitrogens with zero attached hydrogens (tertiary/aromatic N) is 3. The number of benzene rings is 2. The molecule has 2 aliphatic heterocycles. The zero-order valence-corrected chi connectivity index (χ0v) is 18.0. The third-order valence-corrected chi connectivity index (χ3v) is 11.4. The van der Waals surface area contributed by atoms with Crippen LogP contribution in [0, 0.1) is 0 Å². The lowest BCUT2D eigenvalue weighted by Gasteiger charge is -2.56. The van der Waals surface area contributed by atoms with E-state index in [1.54, 1.807) is 0 Å². The van der Waals surface area contributed by atoms with Gasteiger partial charge in [0, 0.05) is 37.4 Å². The van der Waals surface area contributed by atoms with Crippen LogP contribution in [0.1, 0.15) is 36.6 Å². The summed E-state index contributed by atoms with van der Waals surface area (Å²) in [6.45, 7) is 5.30. The van der Waals surface area contributed by atoms with Gasteiger partial charge in [0.05, 0.1) is 6.04 Å². The molecular formula is C20H25ClN3PS. The van der Waals surface area contributed by atoms with Gasteiger partial charge in [-0.2, -0.15) is 0 Å². The highest BCUT2D eigenvalue weighted by Gasteiger charge is 2.47. The van der Waals surface area contributed by atoms with Crippen molar-refractivity contribution in [1.82, 2.24) is 9.34 Å². The molecule has 0 saturated heterocycles. The summed E-state index contributed by atoms with van der Waals surface area (Å²) in [6, 6.07) is 15.3. The first-order valence-electron chi connectivity index (χ1n) is 9.26. The maximum absolute atomic E-state index is 6.49. The summed E-state index contributed by atoms with van der Waals surface area (Å²) in [7, 11) is 2.17. The minimum absolute atomic E-state index is 0.191. The van der Waals surface area contributed by atoms with Crippen LogP contribution in [0.15, 0.2) is 42.5 Å². The van der Waals surface area contributed by atoms with Gasteiger partial charge in [0.1, 0.15) is 0 Å². The predicted octanol–water partition coefficient (Wildman–Crippen LogP) is 5.30. The Kier molecular flexibility index (Phi) is 4.92. The van der Waals surface area contributed by atoms with Crippen LogP contribution >= 0.6 is 18.1 Å². The van der Waals surface area contributed by atoms with Gasteiger partial charge in [-0.25, -0.2) is 9.34 Å². The summed E-state index contributed by atoms with van der Waals surface area (Å²) >= 11 is 12.9. The second-order valence-corrected chi connectivity index (χ2v) is 11.5. The van der Waals surface area contributed by atoms with Crippen LogP contribution in [0.4, 0.5) is 5.69 Å². The zero-order valence-electron chi connectivity index (χ0n) is 15.5. The second kappa shape index (κ2) is 6.92. The topological polar surface area (TPSA) is 9.72 Å². The molecule has 2 aromatic carbocycles. The number of anilines is 1. The molecule has 0 spiro atoms. The maximum Gasteiger partial charge on any atom is 0.170 e. The zero-order chi connectivity index (χ0) is 18.5. The van der Waals surface area contributed by atoms with Gasteiger partial charge in [-0.15, -0.1) is 0 Å². The molecule has 0 aromatic heterocycles. The Morgan fingerprint density at radius 3 is 2.62 bits per heavy atom. The molecule has 0 N–H and O–H groups in total. The fourth-order valence-electron chi connectivity index (χ4n) is 4.46. The van der Waals surface area contributed by atoms with Crippen molar-refractivity contribution in [2.24, 2.45) is 0 Å². The van der Waals surface area contributed by atoms with Crippen molar-refractivity contribution in [2.75, 3.05) is 31.4 Å². The van der Waals surface area contributed by atoms with Crippen LogP contribution in [-0.2, 0) is 18.2 Å². The monoisotopic (exact) mass is 405 g/mol. The highest BCUT2D eigenvalue weighted by molar-refractivity contribution is 8.13. The van der Waals surface area contributed by atoms with E-state index < -0.39 is 6.49 Å². The van der Waals surface area contributed by atoms with E-state index in [9.17, 15) is 0 Å². The summed E-state index contributed by atoms with van der Waals surface area (Å²) in [6.07, 6.45) is 1.05. The van der Waals surface area contributed by atoms with Crippen molar-refractivity contribution in [3.05, 3.63) is 64.2 Å². The van der Waals surface area contributed by atoms with Crippen LogP contribution in [0.25, 0.3) is 0 Å². The summed E-state index contributed by atoms with van der Waals surface area (Å²) in [4.78, 5) is 0. The lowest BCUT2D eigenvalue weighted by atomic mass is 9.89. The Hall–Kier alpha value is -0.900. The largest absolute Gasteiger partial charge is 0.323 e. The number of hydrogen-bond acceptors (Lipinski definition) is 1. The van der Waals surface area contributed by atoms with E-state index in [4.69, 9.17) is 23.4 Å². The van der Waals surface area contributed by atoms with Crippen LogP contribution in [0.2, 0.25) is 5.02 Å². The van der Waals surface area contributed by atoms with Crippen molar-refractivity contribution in [2.45, 2.75) is 26.3 Å². The molecule has 0 bridgehead atoms. The molecule has 6 heteroatoms. The van der Waals surface area contributed by atoms with Gasteiger partial charge in [0.15, 0.2) is 6.49 Å². The summed E-state index contributed by atoms with van der Waals surface area (Å²) in [5.74, 6) is 0. The van der Waals surface area contributed by atoms with E-state index >= 15 is 0 Å². The molecule has 2 unspecified atom stereocenters. The first kappa shape index (κ1) is 18.5. The SMILES string of the molecule is CCN(CC)P1(=S)N(C)c2ccc(Cl)cc2C2c3ccccc3CCN21. The van der Waals surface area contributed by atoms with Crippen LogP contribution in [-0.4, -0.2) is 36.0 Å². The van der Waals surface area contributed by atoms with Crippen molar-refractivity contribution in [1.29, 1.82) is 0 Å². The standard InChI is InChI=1S/C20H25ClN3PS/c1-4-23(5-2)25(26)22(3)19-11-10-16(21)14-18(19)20-17-9-7-6-8-15(17)12-13-24(20)25/h6-11,14,20H,4-5,12-13H2,1-3H3. The molecule has 2 aromatic rings. The lowest BCUT2D eigenvalue weighted by molar-refractivity contribution is 0.329. The minimum atomic E-state index is -2.06. The molecule has 0 aliphatic carbocycles. The van der Waals surface area contributed by atoms with E-state index in [0.717, 1.165) is 31.1 Å². The molecule has 2 atom stereocenters. The Bertz CT molecular complexity index is 883. The molecule has 0 saturated carbocycles. The highest BCUT2D eigenvalue weighted by Crippen LogP contribution is 2.67. The number of fused-ring (bicyclic) bond motifs is 5. The van der Waals surface area contributed by atoms with Crippen LogP contribution < -0.4 is 4.67 Å². The third kappa shape index (κ3) is 2.58. The van der Waals surface area contributed by atoms with Gasteiger partial charge in [0.2, 0.25) is 0 Å². The Morgan fingerprint density at radius 1 is 1.15 bits per heavy atom. The maximum atomic E-state index is 6.49. The van der Waals surface area contributed by atoms with E-state index in [1.165, 1.54) is 22.4 Å². The lowest BCUT2D eigenvalue weighted by Crippen LogP contribution is -2.47. The number of halogens is 1. The Morgan fingerprint density at radius 2 is 1.88 bits per heavy atom. The van der Waals surface area contributed by atoms with Crippen LogP contribution in [0.3, 0.4) is 0 Å². The summed E-state index contributed by atoms with van der Waals surface area (Å²) < 4.78 is 7.45. The first-order chi connectivity index (χ1) is 12.5. The highest BCUT2D eigenvalue weighted by atomic mass is 35.5. The molecule has 4 rings (SSSR count). The Labute approximate surface area is 166 Å². The summed E-state index contributed by atoms with van der Waals surface area (Å²) in [5.41, 5.74) is 5.32. The molecule has 2 heterocycles. The smallest absolute Gasteiger partial charge is 0.170 e. The third-order valence-electron chi connectivity index (χ3n) is 5.71. The fraction of sp³-hybridized carbons (Fsp3) is 0.400. The van der Waals surface area contributed by atoms with Crippen molar-refractivity contribution >= 4 is 35.6 Å². The van der Waals surface area contributed by atoms with Crippen molar-refractivity contribution in [3.8, 4) is 0 Å². The number of hydrogen-bond donors (Lipinski definition) is 0. The molecule has 138 valence electrons. The van der Waals surface area contributed by atoms with Gasteiger partial charge >= 0.3 is 0 Å². The molecule has 0 amide bonds. The molecule has 2 aliphatic rings. The first-order valence-corrected chi connectivity index (χ1v) is 12.3. The molecule has 3 nitrogen and oxygen atoms in total. The number of rotatable bonds is 3. The van der Waals surface area contributed by atoms with Gasteiger partial charge in [-0.3, -0.25) is 0 Å². The van der Waals surface area contributed by atoms with Gasteiger partial charge in [-0.1, -0.05) is 49.7 Å². The van der Waals surface area contributed by atoms with Crippen molar-refractivity contribution in [3.63, 3.8) is 0 Å². The van der Waals surface area contributed by atoms with E-state index in [-0.39, 0.29) is 6.04 Å². The average Bonchev–Trinajstić information content (AvgIpc) is 2.66. The minimum Gasteiger partial charge on any atom is -0.323 e. The van der Waals surface area contributed by atoms with Crippen molar-refractivity contribution < 1.29 is 0 Å². The summed E-state index contributed by atoms with van der Waals surface area (Å²) in [5, 5.41) is 0.790. The molecule has 26 heavy (non-hydrogen) atoms. The van der Waals surface area contributed by atoms with Gasteiger partial charge in [-0.05, 0) is 53.1 Å². The molecular weight excluding hydrogens is 381 g/mol. The normalized spacial score (nSPS) is 25.0. The second-order valence-electron chi connectivity index (χ2n) is 6.89. The van der Waals surface area contributed by atoms with Gasteiger partial charge < -0.3 is 4.67 Å². The molecule has 0 fully saturated rings. The Balaban J connectivity index is 1.99. The fourth-order valence-corrected chi connectivity index (χ4v) is 9.28.